The molecule has 0 atom stereocenters. The predicted molar refractivity (Wildman–Crippen MR) is 48.0 cm³/mol. The SMILES string of the molecule is O=C(O)C1(C(=O)O)C=Cc2cnncc21. The predicted octanol–water partition coefficient (Wildman–Crippen LogP) is -0.0896. The molecule has 1 aromatic heterocycles. The molecule has 15 heavy (non-hydrogen) atoms. The number of carboxylic acids is 2. The van der Waals surface area contributed by atoms with Gasteiger partial charge in [0, 0.05) is 11.1 Å². The molecule has 0 spiro atoms. The summed E-state index contributed by atoms with van der Waals surface area (Å²) in [4.78, 5) is 22.1. The van der Waals surface area contributed by atoms with Crippen molar-refractivity contribution in [2.75, 3.05) is 0 Å². The number of aromatic nitrogens is 2. The Labute approximate surface area is 83.9 Å². The highest BCUT2D eigenvalue weighted by Crippen LogP contribution is 2.35. The Kier molecular flexibility index (Phi) is 1.79. The van der Waals surface area contributed by atoms with Gasteiger partial charge in [0.1, 0.15) is 0 Å². The average molecular weight is 206 g/mol. The lowest BCUT2D eigenvalue weighted by atomic mass is 9.84. The van der Waals surface area contributed by atoms with E-state index in [9.17, 15) is 9.59 Å². The molecule has 2 rings (SSSR count). The maximum absolute atomic E-state index is 11.0. The summed E-state index contributed by atoms with van der Waals surface area (Å²) >= 11 is 0. The first-order valence-corrected chi connectivity index (χ1v) is 4.06. The zero-order chi connectivity index (χ0) is 11.1. The highest BCUT2D eigenvalue weighted by atomic mass is 16.4. The molecule has 0 saturated carbocycles. The van der Waals surface area contributed by atoms with Gasteiger partial charge in [0.05, 0.1) is 12.4 Å². The largest absolute Gasteiger partial charge is 0.480 e. The lowest BCUT2D eigenvalue weighted by Crippen LogP contribution is -2.40. The van der Waals surface area contributed by atoms with Crippen LogP contribution in [0.2, 0.25) is 0 Å². The number of aliphatic carboxylic acids is 2. The number of carboxylic acid groups (broad SMARTS) is 2. The average Bonchev–Trinajstić information content (AvgIpc) is 2.57. The molecule has 0 radical (unpaired) electrons. The first-order valence-electron chi connectivity index (χ1n) is 4.06. The molecular weight excluding hydrogens is 200 g/mol. The van der Waals surface area contributed by atoms with E-state index in [1.807, 2.05) is 0 Å². The van der Waals surface area contributed by atoms with Gasteiger partial charge in [-0.25, -0.2) is 0 Å². The molecule has 1 aliphatic carbocycles. The van der Waals surface area contributed by atoms with E-state index in [0.717, 1.165) is 12.3 Å². The monoisotopic (exact) mass is 206 g/mol. The van der Waals surface area contributed by atoms with Crippen LogP contribution in [0.5, 0.6) is 0 Å². The van der Waals surface area contributed by atoms with Crippen LogP contribution in [0.3, 0.4) is 0 Å². The quantitative estimate of drug-likeness (QED) is 0.656. The van der Waals surface area contributed by atoms with Crippen LogP contribution in [-0.2, 0) is 15.0 Å². The normalized spacial score (nSPS) is 16.0. The zero-order valence-electron chi connectivity index (χ0n) is 7.41. The third-order valence-corrected chi connectivity index (χ3v) is 2.37. The van der Waals surface area contributed by atoms with Gasteiger partial charge in [-0.15, -0.1) is 0 Å². The summed E-state index contributed by atoms with van der Waals surface area (Å²) in [5.74, 6) is -2.86. The third-order valence-electron chi connectivity index (χ3n) is 2.37. The Morgan fingerprint density at radius 3 is 2.33 bits per heavy atom. The maximum Gasteiger partial charge on any atom is 0.329 e. The fraction of sp³-hybridized carbons (Fsp3) is 0.111. The fourth-order valence-corrected chi connectivity index (χ4v) is 1.56. The smallest absolute Gasteiger partial charge is 0.329 e. The van der Waals surface area contributed by atoms with Gasteiger partial charge < -0.3 is 10.2 Å². The highest BCUT2D eigenvalue weighted by molar-refractivity contribution is 6.10. The maximum atomic E-state index is 11.0. The van der Waals surface area contributed by atoms with Crippen LogP contribution in [0.4, 0.5) is 0 Å². The molecule has 0 bridgehead atoms. The first kappa shape index (κ1) is 9.32. The Balaban J connectivity index is 2.70. The molecule has 1 aromatic rings. The van der Waals surface area contributed by atoms with Gasteiger partial charge in [0.2, 0.25) is 5.41 Å². The number of rotatable bonds is 2. The van der Waals surface area contributed by atoms with Crippen molar-refractivity contribution in [3.8, 4) is 0 Å². The Hall–Kier alpha value is -2.24. The van der Waals surface area contributed by atoms with Crippen molar-refractivity contribution in [1.29, 1.82) is 0 Å². The van der Waals surface area contributed by atoms with Gasteiger partial charge in [0.25, 0.3) is 0 Å². The van der Waals surface area contributed by atoms with E-state index in [2.05, 4.69) is 10.2 Å². The van der Waals surface area contributed by atoms with E-state index in [1.54, 1.807) is 0 Å². The fourth-order valence-electron chi connectivity index (χ4n) is 1.56. The minimum absolute atomic E-state index is 0.137. The molecule has 0 aliphatic heterocycles. The number of hydrogen-bond acceptors (Lipinski definition) is 4. The van der Waals surface area contributed by atoms with Gasteiger partial charge in [-0.1, -0.05) is 12.2 Å². The highest BCUT2D eigenvalue weighted by Gasteiger charge is 2.50. The summed E-state index contributed by atoms with van der Waals surface area (Å²) in [6, 6.07) is 0. The Morgan fingerprint density at radius 2 is 1.73 bits per heavy atom. The summed E-state index contributed by atoms with van der Waals surface area (Å²) < 4.78 is 0. The molecule has 0 fully saturated rings. The summed E-state index contributed by atoms with van der Waals surface area (Å²) in [6.07, 6.45) is 5.05. The van der Waals surface area contributed by atoms with Crippen LogP contribution in [0.25, 0.3) is 6.08 Å². The first-order chi connectivity index (χ1) is 7.09. The standard InChI is InChI=1S/C9H6N2O4/c12-7(13)9(8(14)15)2-1-5-3-10-11-4-6(5)9/h1-4H,(H,12,13)(H,14,15). The molecule has 0 unspecified atom stereocenters. The second-order valence-corrected chi connectivity index (χ2v) is 3.11. The summed E-state index contributed by atoms with van der Waals surface area (Å²) in [6.45, 7) is 0. The van der Waals surface area contributed by atoms with E-state index in [4.69, 9.17) is 10.2 Å². The van der Waals surface area contributed by atoms with Gasteiger partial charge >= 0.3 is 11.9 Å². The van der Waals surface area contributed by atoms with E-state index >= 15 is 0 Å². The number of hydrogen-bond donors (Lipinski definition) is 2. The molecule has 6 heteroatoms. The molecule has 0 amide bonds. The number of nitrogens with zero attached hydrogens (tertiary/aromatic N) is 2. The van der Waals surface area contributed by atoms with Crippen LogP contribution in [0, 0.1) is 0 Å². The van der Waals surface area contributed by atoms with Crippen molar-refractivity contribution in [1.82, 2.24) is 10.2 Å². The van der Waals surface area contributed by atoms with E-state index in [1.165, 1.54) is 12.3 Å². The topological polar surface area (TPSA) is 100 Å². The second-order valence-electron chi connectivity index (χ2n) is 3.11. The van der Waals surface area contributed by atoms with Crippen LogP contribution >= 0.6 is 0 Å². The lowest BCUT2D eigenvalue weighted by Gasteiger charge is -2.17. The Bertz CT molecular complexity index is 467. The summed E-state index contributed by atoms with van der Waals surface area (Å²) in [7, 11) is 0. The summed E-state index contributed by atoms with van der Waals surface area (Å²) in [5, 5.41) is 25.1. The van der Waals surface area contributed by atoms with Crippen LogP contribution in [0.15, 0.2) is 18.5 Å². The zero-order valence-corrected chi connectivity index (χ0v) is 7.41. The molecular formula is C9H6N2O4. The minimum Gasteiger partial charge on any atom is -0.480 e. The second kappa shape index (κ2) is 2.88. The van der Waals surface area contributed by atoms with E-state index in [-0.39, 0.29) is 5.56 Å². The van der Waals surface area contributed by atoms with Crippen molar-refractivity contribution in [2.45, 2.75) is 5.41 Å². The molecule has 76 valence electrons. The van der Waals surface area contributed by atoms with Crippen molar-refractivity contribution in [3.05, 3.63) is 29.6 Å². The van der Waals surface area contributed by atoms with Crippen LogP contribution in [-0.4, -0.2) is 32.3 Å². The van der Waals surface area contributed by atoms with Gasteiger partial charge in [0.15, 0.2) is 0 Å². The van der Waals surface area contributed by atoms with Crippen molar-refractivity contribution in [2.24, 2.45) is 0 Å². The molecule has 1 aliphatic rings. The van der Waals surface area contributed by atoms with Gasteiger partial charge in [-0.2, -0.15) is 10.2 Å². The van der Waals surface area contributed by atoms with E-state index in [0.29, 0.717) is 5.56 Å². The van der Waals surface area contributed by atoms with Gasteiger partial charge in [-0.3, -0.25) is 9.59 Å². The summed E-state index contributed by atoms with van der Waals surface area (Å²) in [5.41, 5.74) is -1.42. The molecule has 0 aromatic carbocycles. The Morgan fingerprint density at radius 1 is 1.13 bits per heavy atom. The number of carbonyl (C=O) groups is 2. The molecule has 1 heterocycles. The van der Waals surface area contributed by atoms with Crippen molar-refractivity contribution < 1.29 is 19.8 Å². The van der Waals surface area contributed by atoms with Crippen molar-refractivity contribution in [3.63, 3.8) is 0 Å². The third kappa shape index (κ3) is 1.04. The van der Waals surface area contributed by atoms with E-state index < -0.39 is 17.4 Å². The van der Waals surface area contributed by atoms with Crippen LogP contribution < -0.4 is 0 Å². The lowest BCUT2D eigenvalue weighted by molar-refractivity contribution is -0.154. The molecule has 6 nitrogen and oxygen atoms in total. The van der Waals surface area contributed by atoms with Gasteiger partial charge in [-0.05, 0) is 0 Å². The van der Waals surface area contributed by atoms with Crippen LogP contribution in [0.1, 0.15) is 11.1 Å². The number of fused-ring (bicyclic) bond motifs is 1. The van der Waals surface area contributed by atoms with Crippen molar-refractivity contribution >= 4 is 18.0 Å². The molecule has 2 N–H and O–H groups in total. The minimum atomic E-state index is -2.02. The molecule has 0 saturated heterocycles.